The van der Waals surface area contributed by atoms with Crippen LogP contribution in [0.2, 0.25) is 0 Å². The molecule has 2 aromatic carbocycles. The van der Waals surface area contributed by atoms with Crippen molar-refractivity contribution < 1.29 is 0 Å². The first kappa shape index (κ1) is 18.7. The number of hydrogen-bond donors (Lipinski definition) is 0. The molecule has 1 heterocycles. The first-order valence-electron chi connectivity index (χ1n) is 9.68. The van der Waals surface area contributed by atoms with Crippen LogP contribution in [0.1, 0.15) is 49.3 Å². The van der Waals surface area contributed by atoms with Gasteiger partial charge in [0.05, 0.1) is 0 Å². The molecule has 0 saturated carbocycles. The van der Waals surface area contributed by atoms with Gasteiger partial charge in [0.1, 0.15) is 5.00 Å². The highest BCUT2D eigenvalue weighted by atomic mass is 32.1. The van der Waals surface area contributed by atoms with E-state index in [-0.39, 0.29) is 0 Å². The summed E-state index contributed by atoms with van der Waals surface area (Å²) in [6, 6.07) is 20.0. The smallest absolute Gasteiger partial charge is 0.100 e. The minimum absolute atomic E-state index is 1.19. The normalized spacial score (nSPS) is 10.9. The Morgan fingerprint density at radius 1 is 0.769 bits per heavy atom. The topological polar surface area (TPSA) is 3.24 Å². The summed E-state index contributed by atoms with van der Waals surface area (Å²) in [5.74, 6) is 0. The van der Waals surface area contributed by atoms with Crippen molar-refractivity contribution in [3.63, 3.8) is 0 Å². The highest BCUT2D eigenvalue weighted by Crippen LogP contribution is 2.38. The Bertz CT molecular complexity index is 753. The molecule has 0 radical (unpaired) electrons. The first-order chi connectivity index (χ1) is 12.7. The van der Waals surface area contributed by atoms with Gasteiger partial charge in [0.25, 0.3) is 0 Å². The summed E-state index contributed by atoms with van der Waals surface area (Å²) in [5, 5.41) is 3.62. The second-order valence-corrected chi connectivity index (χ2v) is 8.00. The van der Waals surface area contributed by atoms with Gasteiger partial charge in [0.15, 0.2) is 0 Å². The predicted molar refractivity (Wildman–Crippen MR) is 116 cm³/mol. The zero-order valence-electron chi connectivity index (χ0n) is 16.2. The second-order valence-electron chi connectivity index (χ2n) is 7.11. The lowest BCUT2D eigenvalue weighted by atomic mass is 10.1. The Labute approximate surface area is 162 Å². The number of hydrogen-bond acceptors (Lipinski definition) is 2. The van der Waals surface area contributed by atoms with Gasteiger partial charge in [-0.3, -0.25) is 0 Å². The van der Waals surface area contributed by atoms with Crippen molar-refractivity contribution in [1.29, 1.82) is 0 Å². The van der Waals surface area contributed by atoms with Crippen LogP contribution in [-0.4, -0.2) is 0 Å². The molecule has 0 aliphatic carbocycles. The monoisotopic (exact) mass is 363 g/mol. The molecular weight excluding hydrogens is 334 g/mol. The predicted octanol–water partition coefficient (Wildman–Crippen LogP) is 7.96. The van der Waals surface area contributed by atoms with Gasteiger partial charge in [0.2, 0.25) is 0 Å². The minimum Gasteiger partial charge on any atom is -0.302 e. The van der Waals surface area contributed by atoms with Crippen LogP contribution in [0.4, 0.5) is 16.4 Å². The molecule has 0 bridgehead atoms. The van der Waals surface area contributed by atoms with Crippen LogP contribution in [0.15, 0.2) is 60.0 Å². The lowest BCUT2D eigenvalue weighted by Crippen LogP contribution is -2.08. The summed E-state index contributed by atoms with van der Waals surface area (Å²) < 4.78 is 0. The third-order valence-corrected chi connectivity index (χ3v) is 5.73. The molecule has 0 amide bonds. The summed E-state index contributed by atoms with van der Waals surface area (Å²) >= 11 is 1.85. The minimum atomic E-state index is 1.19. The Hall–Kier alpha value is -2.06. The third-order valence-electron chi connectivity index (χ3n) is 4.76. The Morgan fingerprint density at radius 2 is 1.35 bits per heavy atom. The standard InChI is InChI=1S/C24H29NS/c1-4-5-6-7-8-21-17-24(26-18-21)25(22-13-9-19(2)10-14-22)23-15-11-20(3)12-16-23/h9-18H,4-8H2,1-3H3. The molecule has 0 N–H and O–H groups in total. The van der Waals surface area contributed by atoms with Gasteiger partial charge in [-0.2, -0.15) is 0 Å². The van der Waals surface area contributed by atoms with Crippen LogP contribution in [0.5, 0.6) is 0 Å². The fraction of sp³-hybridized carbons (Fsp3) is 0.333. The fourth-order valence-electron chi connectivity index (χ4n) is 3.16. The van der Waals surface area contributed by atoms with Crippen LogP contribution in [0, 0.1) is 13.8 Å². The van der Waals surface area contributed by atoms with E-state index in [2.05, 4.69) is 85.6 Å². The van der Waals surface area contributed by atoms with E-state index in [1.165, 1.54) is 65.2 Å². The van der Waals surface area contributed by atoms with E-state index in [1.807, 2.05) is 11.3 Å². The number of rotatable bonds is 8. The van der Waals surface area contributed by atoms with Gasteiger partial charge in [0, 0.05) is 11.4 Å². The number of unbranched alkanes of at least 4 members (excludes halogenated alkanes) is 3. The molecule has 3 aromatic rings. The Kier molecular flexibility index (Phi) is 6.51. The number of aryl methyl sites for hydroxylation is 3. The van der Waals surface area contributed by atoms with E-state index >= 15 is 0 Å². The number of thiophene rings is 1. The molecule has 0 spiro atoms. The van der Waals surface area contributed by atoms with Gasteiger partial charge in [-0.15, -0.1) is 11.3 Å². The molecule has 2 heteroatoms. The van der Waals surface area contributed by atoms with Crippen molar-refractivity contribution in [2.75, 3.05) is 4.90 Å². The lowest BCUT2D eigenvalue weighted by molar-refractivity contribution is 0.667. The molecule has 1 aromatic heterocycles. The van der Waals surface area contributed by atoms with Crippen molar-refractivity contribution in [2.24, 2.45) is 0 Å². The zero-order chi connectivity index (χ0) is 18.4. The van der Waals surface area contributed by atoms with Crippen molar-refractivity contribution in [3.05, 3.63) is 76.7 Å². The molecule has 26 heavy (non-hydrogen) atoms. The third kappa shape index (κ3) is 4.76. The molecule has 1 nitrogen and oxygen atoms in total. The molecule has 0 aliphatic heterocycles. The molecule has 0 aliphatic rings. The summed E-state index contributed by atoms with van der Waals surface area (Å²) in [6.45, 7) is 6.54. The van der Waals surface area contributed by atoms with E-state index < -0.39 is 0 Å². The van der Waals surface area contributed by atoms with Crippen LogP contribution in [0.3, 0.4) is 0 Å². The summed E-state index contributed by atoms with van der Waals surface area (Å²) in [4.78, 5) is 2.37. The molecule has 3 rings (SSSR count). The number of nitrogens with zero attached hydrogens (tertiary/aromatic N) is 1. The highest BCUT2D eigenvalue weighted by molar-refractivity contribution is 7.14. The molecule has 0 saturated heterocycles. The van der Waals surface area contributed by atoms with Crippen molar-refractivity contribution in [1.82, 2.24) is 0 Å². The van der Waals surface area contributed by atoms with Gasteiger partial charge < -0.3 is 4.90 Å². The summed E-state index contributed by atoms with van der Waals surface area (Å²) in [7, 11) is 0. The lowest BCUT2D eigenvalue weighted by Gasteiger charge is -2.24. The van der Waals surface area contributed by atoms with E-state index in [1.54, 1.807) is 0 Å². The van der Waals surface area contributed by atoms with Gasteiger partial charge in [-0.1, -0.05) is 61.6 Å². The average Bonchev–Trinajstić information content (AvgIpc) is 3.11. The fourth-order valence-corrected chi connectivity index (χ4v) is 4.15. The van der Waals surface area contributed by atoms with Crippen LogP contribution in [-0.2, 0) is 6.42 Å². The van der Waals surface area contributed by atoms with E-state index in [9.17, 15) is 0 Å². The number of benzene rings is 2. The largest absolute Gasteiger partial charge is 0.302 e. The van der Waals surface area contributed by atoms with Gasteiger partial charge in [-0.05, 0) is 68.0 Å². The van der Waals surface area contributed by atoms with Crippen LogP contribution in [0.25, 0.3) is 0 Å². The molecular formula is C24H29NS. The van der Waals surface area contributed by atoms with Gasteiger partial charge >= 0.3 is 0 Å². The SMILES string of the molecule is CCCCCCc1csc(N(c2ccc(C)cc2)c2ccc(C)cc2)c1. The van der Waals surface area contributed by atoms with Crippen molar-refractivity contribution in [3.8, 4) is 0 Å². The van der Waals surface area contributed by atoms with Gasteiger partial charge in [-0.25, -0.2) is 0 Å². The van der Waals surface area contributed by atoms with E-state index in [4.69, 9.17) is 0 Å². The molecule has 136 valence electrons. The maximum absolute atomic E-state index is 2.37. The Morgan fingerprint density at radius 3 is 1.88 bits per heavy atom. The number of anilines is 3. The van der Waals surface area contributed by atoms with Crippen molar-refractivity contribution >= 4 is 27.7 Å². The highest BCUT2D eigenvalue weighted by Gasteiger charge is 2.14. The van der Waals surface area contributed by atoms with Crippen LogP contribution < -0.4 is 4.90 Å². The van der Waals surface area contributed by atoms with Crippen molar-refractivity contribution in [2.45, 2.75) is 52.9 Å². The maximum Gasteiger partial charge on any atom is 0.100 e. The summed E-state index contributed by atoms with van der Waals surface area (Å²) in [6.07, 6.45) is 6.45. The first-order valence-corrected chi connectivity index (χ1v) is 10.6. The van der Waals surface area contributed by atoms with Crippen LogP contribution >= 0.6 is 11.3 Å². The van der Waals surface area contributed by atoms with E-state index in [0.717, 1.165) is 0 Å². The zero-order valence-corrected chi connectivity index (χ0v) is 17.0. The molecule has 0 atom stereocenters. The van der Waals surface area contributed by atoms with E-state index in [0.29, 0.717) is 0 Å². The quantitative estimate of drug-likeness (QED) is 0.367. The maximum atomic E-state index is 2.37. The Balaban J connectivity index is 1.87. The second kappa shape index (κ2) is 9.05. The average molecular weight is 364 g/mol. The summed E-state index contributed by atoms with van der Waals surface area (Å²) in [5.41, 5.74) is 6.49. The molecule has 0 unspecified atom stereocenters. The molecule has 0 fully saturated rings.